The highest BCUT2D eigenvalue weighted by Gasteiger charge is 1.84. The predicted octanol–water partition coefficient (Wildman–Crippen LogP) is 1.65. The lowest BCUT2D eigenvalue weighted by Crippen LogP contribution is -1.89. The van der Waals surface area contributed by atoms with Crippen molar-refractivity contribution in [2.75, 3.05) is 13.2 Å². The Morgan fingerprint density at radius 2 is 2.36 bits per heavy atom. The average Bonchev–Trinajstić information content (AvgIpc) is 2.03. The zero-order valence-corrected chi connectivity index (χ0v) is 6.75. The Hall–Kier alpha value is -1.08. The molecule has 0 aliphatic heterocycles. The molecule has 3 nitrogen and oxygen atoms in total. The van der Waals surface area contributed by atoms with E-state index in [2.05, 4.69) is 4.99 Å². The van der Waals surface area contributed by atoms with E-state index in [0.717, 1.165) is 12.8 Å². The van der Waals surface area contributed by atoms with E-state index in [9.17, 15) is 4.79 Å². The van der Waals surface area contributed by atoms with E-state index in [1.807, 2.05) is 13.0 Å². The molecule has 0 atom stereocenters. The van der Waals surface area contributed by atoms with Crippen molar-refractivity contribution in [2.24, 2.45) is 4.99 Å². The quantitative estimate of drug-likeness (QED) is 0.253. The summed E-state index contributed by atoms with van der Waals surface area (Å²) in [7, 11) is 0. The van der Waals surface area contributed by atoms with E-state index >= 15 is 0 Å². The maximum absolute atomic E-state index is 9.61. The fourth-order valence-corrected chi connectivity index (χ4v) is 0.586. The van der Waals surface area contributed by atoms with E-state index in [1.54, 1.807) is 6.26 Å². The number of allylic oxidation sites excluding steroid dienone is 1. The van der Waals surface area contributed by atoms with Crippen molar-refractivity contribution in [3.05, 3.63) is 12.3 Å². The highest BCUT2D eigenvalue weighted by atomic mass is 16.5. The molecule has 62 valence electrons. The lowest BCUT2D eigenvalue weighted by atomic mass is 10.3. The van der Waals surface area contributed by atoms with E-state index in [1.165, 1.54) is 6.08 Å². The standard InChI is InChI=1S/C8H13NO2/c1-2-6-11-7-4-3-5-9-8-10/h2,6H,3-5,7H2,1H3. The smallest absolute Gasteiger partial charge is 0.234 e. The molecule has 0 heterocycles. The molecule has 0 fully saturated rings. The fourth-order valence-electron chi connectivity index (χ4n) is 0.586. The first-order valence-electron chi connectivity index (χ1n) is 3.68. The maximum atomic E-state index is 9.61. The third-order valence-electron chi connectivity index (χ3n) is 1.08. The maximum Gasteiger partial charge on any atom is 0.234 e. The molecule has 0 aromatic rings. The Morgan fingerprint density at radius 3 is 3.00 bits per heavy atom. The molecule has 0 aliphatic carbocycles. The van der Waals surface area contributed by atoms with Crippen LogP contribution in [0.2, 0.25) is 0 Å². The highest BCUT2D eigenvalue weighted by Crippen LogP contribution is 1.90. The van der Waals surface area contributed by atoms with Crippen molar-refractivity contribution < 1.29 is 9.53 Å². The van der Waals surface area contributed by atoms with Gasteiger partial charge in [0.1, 0.15) is 0 Å². The largest absolute Gasteiger partial charge is 0.502 e. The molecule has 3 heteroatoms. The van der Waals surface area contributed by atoms with Gasteiger partial charge < -0.3 is 4.74 Å². The van der Waals surface area contributed by atoms with Crippen LogP contribution in [0.25, 0.3) is 0 Å². The van der Waals surface area contributed by atoms with Crippen molar-refractivity contribution in [2.45, 2.75) is 19.8 Å². The van der Waals surface area contributed by atoms with E-state index in [4.69, 9.17) is 4.74 Å². The van der Waals surface area contributed by atoms with Crippen molar-refractivity contribution >= 4 is 6.08 Å². The van der Waals surface area contributed by atoms with Crippen LogP contribution in [-0.2, 0) is 9.53 Å². The Labute approximate surface area is 66.8 Å². The molecule has 0 aliphatic rings. The number of carbonyl (C=O) groups excluding carboxylic acids is 1. The topological polar surface area (TPSA) is 38.7 Å². The first-order valence-corrected chi connectivity index (χ1v) is 3.68. The van der Waals surface area contributed by atoms with Crippen LogP contribution in [0.1, 0.15) is 19.8 Å². The van der Waals surface area contributed by atoms with Gasteiger partial charge in [-0.15, -0.1) is 0 Å². The van der Waals surface area contributed by atoms with Gasteiger partial charge in [-0.2, -0.15) is 0 Å². The van der Waals surface area contributed by atoms with Crippen LogP contribution in [0.4, 0.5) is 0 Å². The Balaban J connectivity index is 2.96. The number of ether oxygens (including phenoxy) is 1. The van der Waals surface area contributed by atoms with Gasteiger partial charge in [-0.3, -0.25) is 0 Å². The molecular weight excluding hydrogens is 142 g/mol. The third kappa shape index (κ3) is 8.92. The first kappa shape index (κ1) is 9.92. The van der Waals surface area contributed by atoms with Crippen molar-refractivity contribution in [3.63, 3.8) is 0 Å². The highest BCUT2D eigenvalue weighted by molar-refractivity contribution is 5.32. The van der Waals surface area contributed by atoms with Crippen molar-refractivity contribution in [1.82, 2.24) is 0 Å². The number of unbranched alkanes of at least 4 members (excludes halogenated alkanes) is 1. The molecule has 0 spiro atoms. The number of rotatable bonds is 6. The van der Waals surface area contributed by atoms with Crippen LogP contribution in [0, 0.1) is 0 Å². The molecule has 0 aromatic carbocycles. The normalized spacial score (nSPS) is 9.55. The van der Waals surface area contributed by atoms with Gasteiger partial charge in [-0.25, -0.2) is 9.79 Å². The average molecular weight is 155 g/mol. The van der Waals surface area contributed by atoms with Crippen molar-refractivity contribution in [1.29, 1.82) is 0 Å². The second-order valence-corrected chi connectivity index (χ2v) is 2.02. The number of hydrogen-bond acceptors (Lipinski definition) is 3. The molecule has 0 aromatic heterocycles. The molecule has 0 N–H and O–H groups in total. The summed E-state index contributed by atoms with van der Waals surface area (Å²) in [6, 6.07) is 0. The van der Waals surface area contributed by atoms with Gasteiger partial charge in [-0.05, 0) is 19.8 Å². The van der Waals surface area contributed by atoms with Gasteiger partial charge in [0, 0.05) is 0 Å². The molecule has 11 heavy (non-hydrogen) atoms. The monoisotopic (exact) mass is 155 g/mol. The Morgan fingerprint density at radius 1 is 1.55 bits per heavy atom. The zero-order chi connectivity index (χ0) is 8.36. The van der Waals surface area contributed by atoms with E-state index in [-0.39, 0.29) is 0 Å². The molecular formula is C8H13NO2. The van der Waals surface area contributed by atoms with Crippen LogP contribution in [0.15, 0.2) is 17.3 Å². The number of aliphatic imine (C=N–C) groups is 1. The second-order valence-electron chi connectivity index (χ2n) is 2.02. The number of isocyanates is 1. The summed E-state index contributed by atoms with van der Waals surface area (Å²) in [5.41, 5.74) is 0. The minimum absolute atomic E-state index is 0.558. The van der Waals surface area contributed by atoms with Gasteiger partial charge in [0.05, 0.1) is 19.4 Å². The molecule has 0 bridgehead atoms. The van der Waals surface area contributed by atoms with Crippen LogP contribution in [-0.4, -0.2) is 19.2 Å². The molecule has 0 saturated carbocycles. The van der Waals surface area contributed by atoms with Gasteiger partial charge in [0.15, 0.2) is 0 Å². The Kier molecular flexibility index (Phi) is 8.04. The van der Waals surface area contributed by atoms with Gasteiger partial charge in [-0.1, -0.05) is 6.08 Å². The minimum Gasteiger partial charge on any atom is -0.502 e. The summed E-state index contributed by atoms with van der Waals surface area (Å²) in [5, 5.41) is 0. The zero-order valence-electron chi connectivity index (χ0n) is 6.75. The minimum atomic E-state index is 0.558. The van der Waals surface area contributed by atoms with Crippen molar-refractivity contribution in [3.8, 4) is 0 Å². The molecule has 0 rings (SSSR count). The summed E-state index contributed by atoms with van der Waals surface area (Å²) in [6.45, 7) is 3.15. The summed E-state index contributed by atoms with van der Waals surface area (Å²) >= 11 is 0. The lowest BCUT2D eigenvalue weighted by Gasteiger charge is -1.96. The molecule has 0 radical (unpaired) electrons. The fraction of sp³-hybridized carbons (Fsp3) is 0.625. The SMILES string of the molecule is CC=COCCCCN=C=O. The Bertz CT molecular complexity index is 148. The van der Waals surface area contributed by atoms with E-state index in [0.29, 0.717) is 13.2 Å². The van der Waals surface area contributed by atoms with E-state index < -0.39 is 0 Å². The summed E-state index contributed by atoms with van der Waals surface area (Å²) in [5.74, 6) is 0. The van der Waals surface area contributed by atoms with Gasteiger partial charge in [0.25, 0.3) is 0 Å². The predicted molar refractivity (Wildman–Crippen MR) is 43.0 cm³/mol. The second kappa shape index (κ2) is 8.92. The van der Waals surface area contributed by atoms with Gasteiger partial charge in [0.2, 0.25) is 6.08 Å². The van der Waals surface area contributed by atoms with Crippen LogP contribution in [0.3, 0.4) is 0 Å². The van der Waals surface area contributed by atoms with Crippen LogP contribution < -0.4 is 0 Å². The molecule has 0 saturated heterocycles. The van der Waals surface area contributed by atoms with Crippen LogP contribution >= 0.6 is 0 Å². The third-order valence-corrected chi connectivity index (χ3v) is 1.08. The number of nitrogens with zero attached hydrogens (tertiary/aromatic N) is 1. The molecule has 0 amide bonds. The first-order chi connectivity index (χ1) is 5.41. The summed E-state index contributed by atoms with van der Waals surface area (Å²) in [6.07, 6.45) is 6.79. The summed E-state index contributed by atoms with van der Waals surface area (Å²) < 4.78 is 5.04. The molecule has 0 unspecified atom stereocenters. The lowest BCUT2D eigenvalue weighted by molar-refractivity contribution is 0.242. The number of hydrogen-bond donors (Lipinski definition) is 0. The van der Waals surface area contributed by atoms with Crippen LogP contribution in [0.5, 0.6) is 0 Å². The summed E-state index contributed by atoms with van der Waals surface area (Å²) in [4.78, 5) is 13.0. The van der Waals surface area contributed by atoms with Gasteiger partial charge >= 0.3 is 0 Å².